The monoisotopic (exact) mass is 273 g/mol. The van der Waals surface area contributed by atoms with Crippen LogP contribution in [0.25, 0.3) is 5.69 Å². The summed E-state index contributed by atoms with van der Waals surface area (Å²) < 4.78 is 6.99. The van der Waals surface area contributed by atoms with Crippen LogP contribution in [0, 0.1) is 0 Å². The van der Waals surface area contributed by atoms with E-state index in [4.69, 9.17) is 16.3 Å². The van der Waals surface area contributed by atoms with Gasteiger partial charge in [-0.3, -0.25) is 0 Å². The highest BCUT2D eigenvalue weighted by Gasteiger charge is 2.06. The second-order valence-corrected chi connectivity index (χ2v) is 3.98. The van der Waals surface area contributed by atoms with Crippen molar-refractivity contribution < 1.29 is 4.74 Å². The average molecular weight is 274 g/mol. The molecule has 0 saturated heterocycles. The molecule has 0 atom stereocenters. The third-order valence-electron chi connectivity index (χ3n) is 2.30. The zero-order valence-corrected chi connectivity index (χ0v) is 10.4. The maximum absolute atomic E-state index is 5.74. The van der Waals surface area contributed by atoms with Crippen LogP contribution in [0.3, 0.4) is 0 Å². The standard InChI is InChI=1S/C12H8ClN5O/c13-10-6-11(15-7-14-10)19-12-16-8-18(17-12)9-4-2-1-3-5-9/h1-8H. The number of halogens is 1. The van der Waals surface area contributed by atoms with Crippen LogP contribution in [0.4, 0.5) is 0 Å². The van der Waals surface area contributed by atoms with Crippen LogP contribution in [0.5, 0.6) is 11.9 Å². The summed E-state index contributed by atoms with van der Waals surface area (Å²) in [4.78, 5) is 11.7. The van der Waals surface area contributed by atoms with Crippen molar-refractivity contribution in [2.75, 3.05) is 0 Å². The molecule has 7 heteroatoms. The molecule has 0 bridgehead atoms. The van der Waals surface area contributed by atoms with Gasteiger partial charge >= 0.3 is 6.01 Å². The lowest BCUT2D eigenvalue weighted by molar-refractivity contribution is 0.423. The van der Waals surface area contributed by atoms with Gasteiger partial charge in [0, 0.05) is 6.07 Å². The van der Waals surface area contributed by atoms with Gasteiger partial charge in [-0.25, -0.2) is 14.6 Å². The lowest BCUT2D eigenvalue weighted by Gasteiger charge is -1.99. The first-order valence-corrected chi connectivity index (χ1v) is 5.81. The molecule has 0 N–H and O–H groups in total. The second-order valence-electron chi connectivity index (χ2n) is 3.59. The van der Waals surface area contributed by atoms with Crippen LogP contribution in [0.15, 0.2) is 49.1 Å². The van der Waals surface area contributed by atoms with E-state index in [0.717, 1.165) is 5.69 Å². The lowest BCUT2D eigenvalue weighted by Crippen LogP contribution is -1.95. The van der Waals surface area contributed by atoms with Crippen LogP contribution in [-0.4, -0.2) is 24.7 Å². The van der Waals surface area contributed by atoms with Crippen molar-refractivity contribution in [2.45, 2.75) is 0 Å². The zero-order chi connectivity index (χ0) is 13.1. The summed E-state index contributed by atoms with van der Waals surface area (Å²) in [6, 6.07) is 11.3. The number of para-hydroxylation sites is 1. The van der Waals surface area contributed by atoms with E-state index in [1.54, 1.807) is 11.0 Å². The minimum atomic E-state index is 0.193. The smallest absolute Gasteiger partial charge is 0.342 e. The van der Waals surface area contributed by atoms with Crippen LogP contribution in [0.1, 0.15) is 0 Å². The fraction of sp³-hybridized carbons (Fsp3) is 0. The quantitative estimate of drug-likeness (QED) is 0.686. The van der Waals surface area contributed by atoms with E-state index in [1.807, 2.05) is 30.3 Å². The van der Waals surface area contributed by atoms with Gasteiger partial charge in [0.2, 0.25) is 5.88 Å². The maximum Gasteiger partial charge on any atom is 0.342 e. The van der Waals surface area contributed by atoms with Crippen molar-refractivity contribution in [3.63, 3.8) is 0 Å². The van der Waals surface area contributed by atoms with Crippen LogP contribution in [0.2, 0.25) is 5.15 Å². The highest BCUT2D eigenvalue weighted by Crippen LogP contribution is 2.17. The van der Waals surface area contributed by atoms with Crippen molar-refractivity contribution >= 4 is 11.6 Å². The fourth-order valence-corrected chi connectivity index (χ4v) is 1.60. The third-order valence-corrected chi connectivity index (χ3v) is 2.50. The number of benzene rings is 1. The molecule has 0 fully saturated rings. The predicted molar refractivity (Wildman–Crippen MR) is 68.5 cm³/mol. The largest absolute Gasteiger partial charge is 0.404 e. The Hall–Kier alpha value is -2.47. The lowest BCUT2D eigenvalue weighted by atomic mass is 10.3. The van der Waals surface area contributed by atoms with Gasteiger partial charge in [0.15, 0.2) is 0 Å². The molecular formula is C12H8ClN5O. The van der Waals surface area contributed by atoms with Crippen molar-refractivity contribution in [1.29, 1.82) is 0 Å². The minimum Gasteiger partial charge on any atom is -0.404 e. The minimum absolute atomic E-state index is 0.193. The molecule has 0 spiro atoms. The summed E-state index contributed by atoms with van der Waals surface area (Å²) in [6.07, 6.45) is 2.87. The number of aromatic nitrogens is 5. The van der Waals surface area contributed by atoms with Gasteiger partial charge in [0.25, 0.3) is 0 Å². The summed E-state index contributed by atoms with van der Waals surface area (Å²) in [5.41, 5.74) is 0.894. The highest BCUT2D eigenvalue weighted by atomic mass is 35.5. The van der Waals surface area contributed by atoms with E-state index in [9.17, 15) is 0 Å². The van der Waals surface area contributed by atoms with Gasteiger partial charge in [-0.15, -0.1) is 5.10 Å². The Bertz CT molecular complexity index is 685. The van der Waals surface area contributed by atoms with Gasteiger partial charge < -0.3 is 4.74 Å². The summed E-state index contributed by atoms with van der Waals surface area (Å²) in [7, 11) is 0. The summed E-state index contributed by atoms with van der Waals surface area (Å²) >= 11 is 5.74. The average Bonchev–Trinajstić information content (AvgIpc) is 2.88. The Labute approximate surface area is 113 Å². The first-order valence-electron chi connectivity index (χ1n) is 5.44. The summed E-state index contributed by atoms with van der Waals surface area (Å²) in [5, 5.41) is 4.48. The molecule has 0 radical (unpaired) electrons. The van der Waals surface area contributed by atoms with Crippen LogP contribution >= 0.6 is 11.6 Å². The van der Waals surface area contributed by atoms with Crippen molar-refractivity contribution in [1.82, 2.24) is 24.7 Å². The van der Waals surface area contributed by atoms with Gasteiger partial charge in [0.05, 0.1) is 5.69 Å². The third kappa shape index (κ3) is 2.69. The molecule has 6 nitrogen and oxygen atoms in total. The maximum atomic E-state index is 5.74. The van der Waals surface area contributed by atoms with Crippen LogP contribution < -0.4 is 4.74 Å². The Morgan fingerprint density at radius 3 is 2.68 bits per heavy atom. The van der Waals surface area contributed by atoms with Crippen molar-refractivity contribution in [3.05, 3.63) is 54.2 Å². The molecule has 0 aliphatic heterocycles. The van der Waals surface area contributed by atoms with Crippen LogP contribution in [-0.2, 0) is 0 Å². The van der Waals surface area contributed by atoms with Gasteiger partial charge in [-0.05, 0) is 12.1 Å². The fourth-order valence-electron chi connectivity index (χ4n) is 1.47. The zero-order valence-electron chi connectivity index (χ0n) is 9.64. The Kier molecular flexibility index (Phi) is 3.07. The number of nitrogens with zero attached hydrogens (tertiary/aromatic N) is 5. The van der Waals surface area contributed by atoms with E-state index in [-0.39, 0.29) is 6.01 Å². The summed E-state index contributed by atoms with van der Waals surface area (Å²) in [6.45, 7) is 0. The van der Waals surface area contributed by atoms with E-state index < -0.39 is 0 Å². The molecular weight excluding hydrogens is 266 g/mol. The van der Waals surface area contributed by atoms with Gasteiger partial charge in [-0.1, -0.05) is 29.8 Å². The second kappa shape index (κ2) is 5.03. The molecule has 3 rings (SSSR count). The SMILES string of the molecule is Clc1cc(Oc2ncn(-c3ccccc3)n2)ncn1. The predicted octanol–water partition coefficient (Wildman–Crippen LogP) is 2.50. The van der Waals surface area contributed by atoms with Crippen molar-refractivity contribution in [3.8, 4) is 17.6 Å². The molecule has 2 aromatic heterocycles. The number of ether oxygens (including phenoxy) is 1. The molecule has 0 aliphatic rings. The molecule has 3 aromatic rings. The molecule has 0 amide bonds. The van der Waals surface area contributed by atoms with E-state index in [1.165, 1.54) is 12.4 Å². The molecule has 0 aliphatic carbocycles. The first-order chi connectivity index (χ1) is 9.31. The van der Waals surface area contributed by atoms with E-state index >= 15 is 0 Å². The Morgan fingerprint density at radius 2 is 1.89 bits per heavy atom. The van der Waals surface area contributed by atoms with E-state index in [2.05, 4.69) is 20.1 Å². The number of rotatable bonds is 3. The molecule has 1 aromatic carbocycles. The number of hydrogen-bond donors (Lipinski definition) is 0. The molecule has 19 heavy (non-hydrogen) atoms. The number of hydrogen-bond acceptors (Lipinski definition) is 5. The topological polar surface area (TPSA) is 65.7 Å². The normalized spacial score (nSPS) is 10.4. The molecule has 0 saturated carbocycles. The van der Waals surface area contributed by atoms with Gasteiger partial charge in [0.1, 0.15) is 17.8 Å². The highest BCUT2D eigenvalue weighted by molar-refractivity contribution is 6.29. The van der Waals surface area contributed by atoms with Gasteiger partial charge in [-0.2, -0.15) is 4.98 Å². The summed E-state index contributed by atoms with van der Waals surface area (Å²) in [5.74, 6) is 0.297. The molecule has 2 heterocycles. The molecule has 94 valence electrons. The Morgan fingerprint density at radius 1 is 1.05 bits per heavy atom. The first kappa shape index (κ1) is 11.6. The van der Waals surface area contributed by atoms with Crippen molar-refractivity contribution in [2.24, 2.45) is 0 Å². The Balaban J connectivity index is 1.82. The molecule has 0 unspecified atom stereocenters. The van der Waals surface area contributed by atoms with E-state index in [0.29, 0.717) is 11.0 Å².